The van der Waals surface area contributed by atoms with Crippen LogP contribution in [0.3, 0.4) is 0 Å². The number of hydrogen-bond donors (Lipinski definition) is 0. The van der Waals surface area contributed by atoms with Gasteiger partial charge in [-0.05, 0) is 44.2 Å². The number of hydrogen-bond acceptors (Lipinski definition) is 3. The van der Waals surface area contributed by atoms with Gasteiger partial charge in [0.05, 0.1) is 0 Å². The van der Waals surface area contributed by atoms with Gasteiger partial charge in [-0.25, -0.2) is 4.98 Å². The molecule has 1 aliphatic heterocycles. The lowest BCUT2D eigenvalue weighted by Gasteiger charge is -2.32. The Labute approximate surface area is 143 Å². The van der Waals surface area contributed by atoms with Crippen molar-refractivity contribution in [3.63, 3.8) is 0 Å². The molecule has 0 bridgehead atoms. The van der Waals surface area contributed by atoms with E-state index in [1.807, 2.05) is 55.4 Å². The van der Waals surface area contributed by atoms with Gasteiger partial charge < -0.3 is 14.2 Å². The number of carbonyl (C=O) groups is 1. The molecule has 0 unspecified atom stereocenters. The van der Waals surface area contributed by atoms with Crippen molar-refractivity contribution in [2.45, 2.75) is 33.2 Å². The van der Waals surface area contributed by atoms with Crippen molar-refractivity contribution in [1.29, 1.82) is 0 Å². The van der Waals surface area contributed by atoms with Crippen molar-refractivity contribution >= 4 is 5.91 Å². The summed E-state index contributed by atoms with van der Waals surface area (Å²) in [7, 11) is 0. The highest BCUT2D eigenvalue weighted by Gasteiger charge is 2.23. The van der Waals surface area contributed by atoms with E-state index in [2.05, 4.69) is 9.55 Å². The van der Waals surface area contributed by atoms with E-state index in [4.69, 9.17) is 4.74 Å². The van der Waals surface area contributed by atoms with Gasteiger partial charge in [-0.3, -0.25) is 4.79 Å². The van der Waals surface area contributed by atoms with E-state index in [-0.39, 0.29) is 12.5 Å². The van der Waals surface area contributed by atoms with Crippen LogP contribution in [0, 0.1) is 19.8 Å². The van der Waals surface area contributed by atoms with E-state index in [0.29, 0.717) is 5.92 Å². The summed E-state index contributed by atoms with van der Waals surface area (Å²) in [5.74, 6) is 2.53. The first kappa shape index (κ1) is 16.6. The first-order chi connectivity index (χ1) is 11.6. The summed E-state index contributed by atoms with van der Waals surface area (Å²) in [6.07, 6.45) is 5.95. The third kappa shape index (κ3) is 3.96. The largest absolute Gasteiger partial charge is 0.484 e. The molecule has 0 N–H and O–H groups in total. The maximum atomic E-state index is 12.3. The molecule has 3 rings (SSSR count). The van der Waals surface area contributed by atoms with Crippen molar-refractivity contribution in [1.82, 2.24) is 14.5 Å². The summed E-state index contributed by atoms with van der Waals surface area (Å²) in [4.78, 5) is 18.5. The summed E-state index contributed by atoms with van der Waals surface area (Å²) in [6, 6.07) is 7.79. The molecule has 1 aromatic heterocycles. The summed E-state index contributed by atoms with van der Waals surface area (Å²) >= 11 is 0. The maximum Gasteiger partial charge on any atom is 0.260 e. The van der Waals surface area contributed by atoms with E-state index in [1.54, 1.807) is 0 Å². The lowest BCUT2D eigenvalue weighted by molar-refractivity contribution is -0.134. The molecular formula is C19H25N3O2. The Balaban J connectivity index is 1.45. The van der Waals surface area contributed by atoms with E-state index in [9.17, 15) is 4.79 Å². The minimum Gasteiger partial charge on any atom is -0.484 e. The van der Waals surface area contributed by atoms with Crippen molar-refractivity contribution in [2.75, 3.05) is 19.7 Å². The number of ether oxygens (including phenoxy) is 1. The van der Waals surface area contributed by atoms with Gasteiger partial charge in [-0.2, -0.15) is 0 Å². The maximum absolute atomic E-state index is 12.3. The molecule has 1 aliphatic rings. The molecule has 1 aromatic carbocycles. The molecule has 0 saturated carbocycles. The number of aryl methyl sites for hydroxylation is 2. The molecule has 24 heavy (non-hydrogen) atoms. The van der Waals surface area contributed by atoms with Crippen LogP contribution in [-0.2, 0) is 11.3 Å². The fraction of sp³-hybridized carbons (Fsp3) is 0.474. The van der Waals surface area contributed by atoms with Gasteiger partial charge in [0.25, 0.3) is 5.91 Å². The number of carbonyl (C=O) groups excluding carboxylic acids is 1. The predicted octanol–water partition coefficient (Wildman–Crippen LogP) is 2.82. The van der Waals surface area contributed by atoms with Gasteiger partial charge in [-0.1, -0.05) is 18.2 Å². The molecule has 0 radical (unpaired) electrons. The Morgan fingerprint density at radius 1 is 1.25 bits per heavy atom. The van der Waals surface area contributed by atoms with E-state index in [0.717, 1.165) is 49.6 Å². The average molecular weight is 327 g/mol. The van der Waals surface area contributed by atoms with Gasteiger partial charge in [-0.15, -0.1) is 0 Å². The molecule has 5 nitrogen and oxygen atoms in total. The first-order valence-corrected chi connectivity index (χ1v) is 8.57. The smallest absolute Gasteiger partial charge is 0.260 e. The number of rotatable bonds is 5. The van der Waals surface area contributed by atoms with Crippen LogP contribution >= 0.6 is 0 Å². The number of imidazole rings is 1. The van der Waals surface area contributed by atoms with Crippen LogP contribution in [0.4, 0.5) is 0 Å². The molecule has 128 valence electrons. The number of piperidine rings is 1. The lowest BCUT2D eigenvalue weighted by Crippen LogP contribution is -2.41. The third-order valence-electron chi connectivity index (χ3n) is 4.79. The first-order valence-electron chi connectivity index (χ1n) is 8.57. The van der Waals surface area contributed by atoms with Gasteiger partial charge in [0.2, 0.25) is 0 Å². The number of nitrogens with zero attached hydrogens (tertiary/aromatic N) is 3. The summed E-state index contributed by atoms with van der Waals surface area (Å²) < 4.78 is 7.87. The van der Waals surface area contributed by atoms with Gasteiger partial charge in [0.1, 0.15) is 11.6 Å². The topological polar surface area (TPSA) is 47.4 Å². The molecule has 0 aliphatic carbocycles. The standard InChI is InChI=1S/C19H25N3O2/c1-15-5-3-4-6-18(15)24-14-19(23)21-10-7-17(8-11-21)13-22-12-9-20-16(22)2/h3-6,9,12,17H,7-8,10-11,13-14H2,1-2H3. The van der Waals surface area contributed by atoms with Crippen LogP contribution in [0.5, 0.6) is 5.75 Å². The molecule has 1 fully saturated rings. The molecule has 2 heterocycles. The zero-order valence-electron chi connectivity index (χ0n) is 14.4. The molecular weight excluding hydrogens is 302 g/mol. The van der Waals surface area contributed by atoms with E-state index in [1.165, 1.54) is 0 Å². The van der Waals surface area contributed by atoms with E-state index < -0.39 is 0 Å². The second-order valence-electron chi connectivity index (χ2n) is 6.51. The fourth-order valence-corrected chi connectivity index (χ4v) is 3.19. The Bertz CT molecular complexity index is 687. The Hall–Kier alpha value is -2.30. The molecule has 2 aromatic rings. The average Bonchev–Trinajstić information content (AvgIpc) is 2.99. The number of amides is 1. The second-order valence-corrected chi connectivity index (χ2v) is 6.51. The summed E-state index contributed by atoms with van der Waals surface area (Å²) in [6.45, 7) is 6.76. The molecule has 0 atom stereocenters. The minimum absolute atomic E-state index is 0.0792. The Morgan fingerprint density at radius 2 is 2.00 bits per heavy atom. The van der Waals surface area contributed by atoms with E-state index >= 15 is 0 Å². The normalized spacial score (nSPS) is 15.5. The monoisotopic (exact) mass is 327 g/mol. The van der Waals surface area contributed by atoms with Crippen molar-refractivity contribution < 1.29 is 9.53 Å². The van der Waals surface area contributed by atoms with Crippen LogP contribution < -0.4 is 4.74 Å². The highest BCUT2D eigenvalue weighted by atomic mass is 16.5. The number of likely N-dealkylation sites (tertiary alicyclic amines) is 1. The predicted molar refractivity (Wildman–Crippen MR) is 92.9 cm³/mol. The molecule has 1 saturated heterocycles. The Kier molecular flexibility index (Phi) is 5.18. The van der Waals surface area contributed by atoms with Gasteiger partial charge in [0.15, 0.2) is 6.61 Å². The minimum atomic E-state index is 0.0792. The van der Waals surface area contributed by atoms with Crippen LogP contribution in [0.1, 0.15) is 24.2 Å². The van der Waals surface area contributed by atoms with Crippen molar-refractivity contribution in [3.8, 4) is 5.75 Å². The van der Waals surface area contributed by atoms with Crippen LogP contribution in [-0.4, -0.2) is 40.1 Å². The zero-order chi connectivity index (χ0) is 16.9. The highest BCUT2D eigenvalue weighted by molar-refractivity contribution is 5.77. The van der Waals surface area contributed by atoms with Crippen molar-refractivity contribution in [2.24, 2.45) is 5.92 Å². The molecule has 5 heteroatoms. The SMILES string of the molecule is Cc1ccccc1OCC(=O)N1CCC(Cn2ccnc2C)CC1. The zero-order valence-corrected chi connectivity index (χ0v) is 14.4. The number of para-hydroxylation sites is 1. The van der Waals surface area contributed by atoms with Crippen LogP contribution in [0.15, 0.2) is 36.7 Å². The number of benzene rings is 1. The molecule has 0 spiro atoms. The lowest BCUT2D eigenvalue weighted by atomic mass is 9.96. The second kappa shape index (κ2) is 7.51. The Morgan fingerprint density at radius 3 is 2.67 bits per heavy atom. The molecule has 1 amide bonds. The fourth-order valence-electron chi connectivity index (χ4n) is 3.19. The van der Waals surface area contributed by atoms with Crippen molar-refractivity contribution in [3.05, 3.63) is 48.0 Å². The third-order valence-corrected chi connectivity index (χ3v) is 4.79. The highest BCUT2D eigenvalue weighted by Crippen LogP contribution is 2.21. The summed E-state index contributed by atoms with van der Waals surface area (Å²) in [5.41, 5.74) is 1.06. The van der Waals surface area contributed by atoms with Gasteiger partial charge >= 0.3 is 0 Å². The van der Waals surface area contributed by atoms with Crippen LogP contribution in [0.25, 0.3) is 0 Å². The number of aromatic nitrogens is 2. The van der Waals surface area contributed by atoms with Crippen LogP contribution in [0.2, 0.25) is 0 Å². The quantitative estimate of drug-likeness (QED) is 0.848. The van der Waals surface area contributed by atoms with Gasteiger partial charge in [0, 0.05) is 32.0 Å². The summed E-state index contributed by atoms with van der Waals surface area (Å²) in [5, 5.41) is 0.